The smallest absolute Gasteiger partial charge is 0.297 e. The van der Waals surface area contributed by atoms with Crippen LogP contribution in [-0.2, 0) is 35.6 Å². The topological polar surface area (TPSA) is 250 Å². The number of carbonyl (C=O) groups excluding carboxylic acids is 1. The monoisotopic (exact) mass is 1280 g/mol. The van der Waals surface area contributed by atoms with E-state index < -0.39 is 37.5 Å². The number of sulfonamides is 1. The molecule has 6 aromatic rings. The largest absolute Gasteiger partial charge is 0.493 e. The maximum Gasteiger partial charge on any atom is 0.297 e. The number of rotatable bonds is 14. The third kappa shape index (κ3) is 11.4. The average molecular weight is 1280 g/mol. The maximum absolute atomic E-state index is 15.0. The number of fused-ring (bicyclic) bond motifs is 5. The maximum atomic E-state index is 15.0. The van der Waals surface area contributed by atoms with Crippen molar-refractivity contribution < 1.29 is 56.0 Å². The van der Waals surface area contributed by atoms with Crippen LogP contribution in [0.15, 0.2) is 83.9 Å². The lowest BCUT2D eigenvalue weighted by atomic mass is 9.59. The van der Waals surface area contributed by atoms with Crippen molar-refractivity contribution in [3.8, 4) is 23.1 Å². The van der Waals surface area contributed by atoms with Gasteiger partial charge >= 0.3 is 0 Å². The Balaban J connectivity index is 0.696. The molecule has 5 saturated heterocycles. The number of benzene rings is 3. The first-order valence-electron chi connectivity index (χ1n) is 32.7. The fourth-order valence-corrected chi connectivity index (χ4v) is 17.0. The van der Waals surface area contributed by atoms with Crippen LogP contribution >= 0.6 is 0 Å². The molecule has 0 unspecified atom stereocenters. The number of carbonyl (C=O) groups is 1. The van der Waals surface area contributed by atoms with Gasteiger partial charge in [0.05, 0.1) is 103 Å². The van der Waals surface area contributed by atoms with Crippen molar-refractivity contribution >= 4 is 61.2 Å². The molecule has 3 N–H and O–H groups in total. The Morgan fingerprint density at radius 1 is 0.837 bits per heavy atom. The average Bonchev–Trinajstić information content (AvgIpc) is 0.921. The number of H-pyrrole nitrogens is 1. The summed E-state index contributed by atoms with van der Waals surface area (Å²) in [6.07, 6.45) is 7.47. The summed E-state index contributed by atoms with van der Waals surface area (Å²) in [7, 11) is -3.00. The number of para-hydroxylation sites is 1. The van der Waals surface area contributed by atoms with Crippen LogP contribution in [0, 0.1) is 21.4 Å². The molecule has 24 nitrogen and oxygen atoms in total. The van der Waals surface area contributed by atoms with Crippen molar-refractivity contribution in [2.24, 2.45) is 11.3 Å². The number of anilines is 5. The highest BCUT2D eigenvalue weighted by molar-refractivity contribution is 7.90. The molecule has 25 heteroatoms. The van der Waals surface area contributed by atoms with Crippen LogP contribution in [0.25, 0.3) is 11.0 Å². The lowest BCUT2D eigenvalue weighted by Crippen LogP contribution is -2.60. The number of hydrogen-bond donors (Lipinski definition) is 3. The highest BCUT2D eigenvalue weighted by Gasteiger charge is 2.51. The number of morpholine rings is 1. The van der Waals surface area contributed by atoms with Gasteiger partial charge in [0, 0.05) is 100 Å². The molecule has 3 aromatic heterocycles. The number of nitro benzene ring substituents is 1. The van der Waals surface area contributed by atoms with E-state index >= 15 is 4.79 Å². The highest BCUT2D eigenvalue weighted by Crippen LogP contribution is 2.55. The van der Waals surface area contributed by atoms with Gasteiger partial charge in [0.1, 0.15) is 29.8 Å². The summed E-state index contributed by atoms with van der Waals surface area (Å²) in [6, 6.07) is 22.5. The molecule has 92 heavy (non-hydrogen) atoms. The molecule has 0 bridgehead atoms. The van der Waals surface area contributed by atoms with Gasteiger partial charge in [-0.3, -0.25) is 24.7 Å². The number of nitrogens with one attached hydrogen (secondary N) is 3. The lowest BCUT2D eigenvalue weighted by Gasteiger charge is -2.58. The molecular formula is C67H81N11O13S. The van der Waals surface area contributed by atoms with E-state index in [1.165, 1.54) is 11.6 Å². The standard InChI is InChI=1S/C67H81N11O13S/c1-40(2)90-58-8-6-5-7-47(58)56-34-74(57-38-88-36-51-49(57)31-60(84-4)64(70-51)75-22-26-87-35-41(75)3)20-21-76(56)45-32-67(33-45)15-18-73(19-16-67)44-9-10-48(53(28-44)77-52-14-25-86-39-61(52)91-66-55(77)27-43-11-17-68-63(43)71-66)65(79)72-92(82,83)46-29-54(78(80)81)62-59(30-46)89-37-50(69-62)42-12-23-85-24-13-42/h5-11,17,27-31,40-42,45,50,52,56-57,61,69H,12-16,18-26,32-39H2,1-4H3,(H,68,71)(H,72,79)/t41-,50-,52-,56-,57-,61-/m0/s1. The predicted octanol–water partition coefficient (Wildman–Crippen LogP) is 8.67. The molecule has 488 valence electrons. The van der Waals surface area contributed by atoms with Crippen LogP contribution in [0.4, 0.5) is 34.3 Å². The van der Waals surface area contributed by atoms with E-state index in [1.54, 1.807) is 13.2 Å². The van der Waals surface area contributed by atoms with E-state index in [4.69, 9.17) is 47.9 Å². The second-order valence-corrected chi connectivity index (χ2v) is 28.3. The molecule has 8 aliphatic heterocycles. The lowest BCUT2D eigenvalue weighted by molar-refractivity contribution is -0.384. The first kappa shape index (κ1) is 60.7. The van der Waals surface area contributed by atoms with Crippen molar-refractivity contribution in [1.29, 1.82) is 0 Å². The molecule has 6 fully saturated rings. The minimum atomic E-state index is -4.74. The van der Waals surface area contributed by atoms with Crippen molar-refractivity contribution in [2.45, 2.75) is 126 Å². The molecule has 0 radical (unpaired) electrons. The zero-order valence-corrected chi connectivity index (χ0v) is 53.4. The Kier molecular flexibility index (Phi) is 16.3. The Morgan fingerprint density at radius 2 is 1.65 bits per heavy atom. The van der Waals surface area contributed by atoms with E-state index in [0.717, 1.165) is 124 Å². The first-order valence-corrected chi connectivity index (χ1v) is 34.2. The molecular weight excluding hydrogens is 1200 g/mol. The van der Waals surface area contributed by atoms with Gasteiger partial charge in [-0.2, -0.15) is 4.98 Å². The molecule has 3 aromatic carbocycles. The molecule has 1 aliphatic carbocycles. The Bertz CT molecular complexity index is 3890. The van der Waals surface area contributed by atoms with Gasteiger partial charge in [-0.05, 0) is 125 Å². The Morgan fingerprint density at radius 3 is 2.46 bits per heavy atom. The van der Waals surface area contributed by atoms with Crippen molar-refractivity contribution in [3.63, 3.8) is 0 Å². The van der Waals surface area contributed by atoms with E-state index in [1.807, 2.05) is 30.5 Å². The molecule has 1 spiro atoms. The van der Waals surface area contributed by atoms with Gasteiger partial charge in [0.25, 0.3) is 21.6 Å². The van der Waals surface area contributed by atoms with E-state index in [-0.39, 0.29) is 77.9 Å². The number of hydrogen-bond acceptors (Lipinski definition) is 21. The SMILES string of the molecule is COc1cc2c(nc1N1CCOC[C@@H]1C)COC[C@@H]2N1CCN(C2CC3(CCN(c4ccc(C(=O)NS(=O)(=O)c5cc6c(c([N+](=O)[O-])c5)N[C@H](C5CCOCC5)CO6)c(N5c6cc7cc[nH]c7nc6O[C@H]6COCC[C@@H]65)c4)CC3)C2)[C@H](c2ccccc2OC(C)C)C1. The Hall–Kier alpha value is -7.52. The van der Waals surface area contributed by atoms with E-state index in [9.17, 15) is 18.5 Å². The summed E-state index contributed by atoms with van der Waals surface area (Å²) in [5.41, 5.74) is 5.77. The number of piperazine rings is 1. The quantitative estimate of drug-likeness (QED) is 0.0681. The second-order valence-electron chi connectivity index (χ2n) is 26.6. The number of pyridine rings is 2. The number of nitrogens with zero attached hydrogens (tertiary/aromatic N) is 8. The number of amides is 1. The third-order valence-corrected chi connectivity index (χ3v) is 22.1. The number of aromatic amines is 1. The summed E-state index contributed by atoms with van der Waals surface area (Å²) in [6.45, 7) is 15.5. The number of piperidine rings is 1. The van der Waals surface area contributed by atoms with Crippen molar-refractivity contribution in [2.75, 3.05) is 119 Å². The zero-order chi connectivity index (χ0) is 63.0. The first-order chi connectivity index (χ1) is 44.7. The number of methoxy groups -OCH3 is 1. The number of nitro groups is 1. The normalized spacial score (nSPS) is 25.3. The molecule has 1 saturated carbocycles. The number of ether oxygens (including phenoxy) is 8. The van der Waals surface area contributed by atoms with E-state index in [0.29, 0.717) is 81.6 Å². The third-order valence-electron chi connectivity index (χ3n) is 20.8. The highest BCUT2D eigenvalue weighted by atomic mass is 32.2. The van der Waals surface area contributed by atoms with Crippen LogP contribution in [-0.4, -0.2) is 180 Å². The summed E-state index contributed by atoms with van der Waals surface area (Å²) >= 11 is 0. The summed E-state index contributed by atoms with van der Waals surface area (Å²) in [4.78, 5) is 52.0. The minimum absolute atomic E-state index is 0.00202. The van der Waals surface area contributed by atoms with Crippen molar-refractivity contribution in [1.82, 2.24) is 29.5 Å². The fourth-order valence-electron chi connectivity index (χ4n) is 16.0. The van der Waals surface area contributed by atoms with Crippen LogP contribution in [0.1, 0.15) is 105 Å². The van der Waals surface area contributed by atoms with Crippen LogP contribution in [0.2, 0.25) is 0 Å². The second kappa shape index (κ2) is 24.7. The van der Waals surface area contributed by atoms with E-state index in [2.05, 4.69) is 90.6 Å². The molecule has 1 amide bonds. The summed E-state index contributed by atoms with van der Waals surface area (Å²) in [5.74, 6) is 2.14. The van der Waals surface area contributed by atoms with Crippen molar-refractivity contribution in [3.05, 3.63) is 111 Å². The molecule has 6 atom stereocenters. The molecule has 11 heterocycles. The van der Waals surface area contributed by atoms with Gasteiger partial charge in [0.2, 0.25) is 5.88 Å². The summed E-state index contributed by atoms with van der Waals surface area (Å²) in [5, 5.41) is 16.8. The zero-order valence-electron chi connectivity index (χ0n) is 52.6. The van der Waals surface area contributed by atoms with Crippen LogP contribution < -0.4 is 43.7 Å². The Labute approximate surface area is 535 Å². The predicted molar refractivity (Wildman–Crippen MR) is 343 cm³/mol. The fraction of sp³-hybridized carbons (Fsp3) is 0.537. The minimum Gasteiger partial charge on any atom is -0.493 e. The van der Waals surface area contributed by atoms with Gasteiger partial charge in [-0.25, -0.2) is 18.1 Å². The van der Waals surface area contributed by atoms with Gasteiger partial charge in [0.15, 0.2) is 23.0 Å². The molecule has 9 aliphatic rings. The van der Waals surface area contributed by atoms with Crippen LogP contribution in [0.3, 0.4) is 0 Å². The van der Waals surface area contributed by atoms with Gasteiger partial charge in [-0.1, -0.05) is 18.2 Å². The van der Waals surface area contributed by atoms with Crippen LogP contribution in [0.5, 0.6) is 23.1 Å². The number of aromatic nitrogens is 3. The summed E-state index contributed by atoms with van der Waals surface area (Å²) < 4.78 is 80.5. The molecule has 15 rings (SSSR count). The van der Waals surface area contributed by atoms with Gasteiger partial charge < -0.3 is 62.9 Å². The van der Waals surface area contributed by atoms with Gasteiger partial charge in [-0.15, -0.1) is 0 Å².